The first kappa shape index (κ1) is 15.9. The molecule has 0 N–H and O–H groups in total. The van der Waals surface area contributed by atoms with Crippen molar-refractivity contribution >= 4 is 29.0 Å². The Balaban J connectivity index is 2.37. The topological polar surface area (TPSA) is 26.3 Å². The second-order valence-corrected chi connectivity index (χ2v) is 5.84. The van der Waals surface area contributed by atoms with E-state index in [1.807, 2.05) is 26.0 Å². The molecule has 0 aliphatic carbocycles. The van der Waals surface area contributed by atoms with Crippen molar-refractivity contribution in [3.8, 4) is 5.75 Å². The van der Waals surface area contributed by atoms with Crippen LogP contribution in [0.25, 0.3) is 0 Å². The number of benzene rings is 2. The lowest BCUT2D eigenvalue weighted by Gasteiger charge is -2.12. The largest absolute Gasteiger partial charge is 0.496 e. The van der Waals surface area contributed by atoms with Crippen molar-refractivity contribution in [1.29, 1.82) is 0 Å². The number of ether oxygens (including phenoxy) is 1. The van der Waals surface area contributed by atoms with Crippen LogP contribution in [0.2, 0.25) is 10.0 Å². The van der Waals surface area contributed by atoms with Crippen LogP contribution in [0.3, 0.4) is 0 Å². The first-order chi connectivity index (χ1) is 9.92. The zero-order valence-electron chi connectivity index (χ0n) is 12.2. The standard InChI is InChI=1S/C17H16Cl2O2/c1-10-6-11(2)17(16(7-10)21-3)15(20)8-12-4-5-13(18)9-14(12)19/h4-7,9H,8H2,1-3H3. The summed E-state index contributed by atoms with van der Waals surface area (Å²) in [5, 5.41) is 1.06. The summed E-state index contributed by atoms with van der Waals surface area (Å²) < 4.78 is 5.34. The van der Waals surface area contributed by atoms with E-state index in [4.69, 9.17) is 27.9 Å². The van der Waals surface area contributed by atoms with E-state index >= 15 is 0 Å². The molecule has 0 bridgehead atoms. The van der Waals surface area contributed by atoms with Gasteiger partial charge in [-0.15, -0.1) is 0 Å². The average molecular weight is 323 g/mol. The second-order valence-electron chi connectivity index (χ2n) is 4.99. The minimum Gasteiger partial charge on any atom is -0.496 e. The van der Waals surface area contributed by atoms with Crippen LogP contribution in [0, 0.1) is 13.8 Å². The van der Waals surface area contributed by atoms with Gasteiger partial charge in [-0.3, -0.25) is 4.79 Å². The SMILES string of the molecule is COc1cc(C)cc(C)c1C(=O)Cc1ccc(Cl)cc1Cl. The Hall–Kier alpha value is -1.51. The van der Waals surface area contributed by atoms with Crippen molar-refractivity contribution in [2.24, 2.45) is 0 Å². The fourth-order valence-electron chi connectivity index (χ4n) is 2.37. The summed E-state index contributed by atoms with van der Waals surface area (Å²) in [4.78, 5) is 12.6. The average Bonchev–Trinajstić information content (AvgIpc) is 2.40. The summed E-state index contributed by atoms with van der Waals surface area (Å²) in [7, 11) is 1.57. The maximum Gasteiger partial charge on any atom is 0.171 e. The van der Waals surface area contributed by atoms with Crippen molar-refractivity contribution in [3.05, 3.63) is 62.6 Å². The van der Waals surface area contributed by atoms with Crippen molar-refractivity contribution in [2.45, 2.75) is 20.3 Å². The number of ketones is 1. The summed E-state index contributed by atoms with van der Waals surface area (Å²) >= 11 is 12.0. The van der Waals surface area contributed by atoms with Crippen molar-refractivity contribution < 1.29 is 9.53 Å². The van der Waals surface area contributed by atoms with E-state index in [1.54, 1.807) is 25.3 Å². The van der Waals surface area contributed by atoms with Crippen LogP contribution in [0.5, 0.6) is 5.75 Å². The zero-order valence-corrected chi connectivity index (χ0v) is 13.7. The molecular weight excluding hydrogens is 307 g/mol. The van der Waals surface area contributed by atoms with Crippen LogP contribution in [0.1, 0.15) is 27.0 Å². The first-order valence-electron chi connectivity index (χ1n) is 6.54. The summed E-state index contributed by atoms with van der Waals surface area (Å²) in [6, 6.07) is 8.99. The number of carbonyl (C=O) groups is 1. The Morgan fingerprint density at radius 3 is 2.48 bits per heavy atom. The Morgan fingerprint density at radius 2 is 1.86 bits per heavy atom. The van der Waals surface area contributed by atoms with Gasteiger partial charge in [-0.1, -0.05) is 35.3 Å². The number of rotatable bonds is 4. The fourth-order valence-corrected chi connectivity index (χ4v) is 2.85. The van der Waals surface area contributed by atoms with Gasteiger partial charge in [0.1, 0.15) is 5.75 Å². The maximum absolute atomic E-state index is 12.6. The normalized spacial score (nSPS) is 10.5. The van der Waals surface area contributed by atoms with Crippen LogP contribution in [-0.2, 0) is 6.42 Å². The van der Waals surface area contributed by atoms with Gasteiger partial charge in [0.2, 0.25) is 0 Å². The molecule has 4 heteroatoms. The van der Waals surface area contributed by atoms with Crippen LogP contribution >= 0.6 is 23.2 Å². The van der Waals surface area contributed by atoms with Gasteiger partial charge in [0.25, 0.3) is 0 Å². The van der Waals surface area contributed by atoms with E-state index in [-0.39, 0.29) is 12.2 Å². The molecule has 0 atom stereocenters. The van der Waals surface area contributed by atoms with E-state index in [2.05, 4.69) is 0 Å². The number of Topliss-reactive ketones (excluding diaryl/α,β-unsaturated/α-hetero) is 1. The predicted octanol–water partition coefficient (Wildman–Crippen LogP) is 5.04. The Kier molecular flexibility index (Phi) is 4.92. The molecule has 0 aromatic heterocycles. The Bertz CT molecular complexity index is 693. The van der Waals surface area contributed by atoms with Gasteiger partial charge in [0.05, 0.1) is 12.7 Å². The van der Waals surface area contributed by atoms with Crippen LogP contribution in [-0.4, -0.2) is 12.9 Å². The Morgan fingerprint density at radius 1 is 1.14 bits per heavy atom. The molecule has 21 heavy (non-hydrogen) atoms. The van der Waals surface area contributed by atoms with Crippen LogP contribution in [0.4, 0.5) is 0 Å². The highest BCUT2D eigenvalue weighted by atomic mass is 35.5. The fraction of sp³-hybridized carbons (Fsp3) is 0.235. The molecule has 2 rings (SSSR count). The molecule has 0 saturated heterocycles. The third-order valence-electron chi connectivity index (χ3n) is 3.31. The quantitative estimate of drug-likeness (QED) is 0.737. The lowest BCUT2D eigenvalue weighted by molar-refractivity contribution is 0.0989. The van der Waals surface area contributed by atoms with Gasteiger partial charge in [-0.25, -0.2) is 0 Å². The molecule has 2 nitrogen and oxygen atoms in total. The molecule has 0 radical (unpaired) electrons. The molecule has 0 unspecified atom stereocenters. The predicted molar refractivity (Wildman–Crippen MR) is 87.0 cm³/mol. The van der Waals surface area contributed by atoms with Gasteiger partial charge >= 0.3 is 0 Å². The van der Waals surface area contributed by atoms with Crippen LogP contribution < -0.4 is 4.74 Å². The van der Waals surface area contributed by atoms with Gasteiger partial charge in [0, 0.05) is 16.5 Å². The van der Waals surface area contributed by atoms with Gasteiger partial charge < -0.3 is 4.74 Å². The molecular formula is C17H16Cl2O2. The van der Waals surface area contributed by atoms with E-state index < -0.39 is 0 Å². The summed E-state index contributed by atoms with van der Waals surface area (Å²) in [5.74, 6) is 0.580. The van der Waals surface area contributed by atoms with Gasteiger partial charge in [0.15, 0.2) is 5.78 Å². The number of hydrogen-bond acceptors (Lipinski definition) is 2. The number of carbonyl (C=O) groups excluding carboxylic acids is 1. The molecule has 2 aromatic rings. The minimum atomic E-state index is -0.0198. The molecule has 0 heterocycles. The molecule has 0 spiro atoms. The lowest BCUT2D eigenvalue weighted by Crippen LogP contribution is -2.09. The van der Waals surface area contributed by atoms with E-state index in [0.29, 0.717) is 21.4 Å². The molecule has 0 saturated carbocycles. The minimum absolute atomic E-state index is 0.0198. The highest BCUT2D eigenvalue weighted by Crippen LogP contribution is 2.28. The molecule has 0 fully saturated rings. The zero-order chi connectivity index (χ0) is 15.6. The van der Waals surface area contributed by atoms with Gasteiger partial charge in [-0.05, 0) is 48.7 Å². The first-order valence-corrected chi connectivity index (χ1v) is 7.30. The maximum atomic E-state index is 12.6. The number of halogens is 2. The summed E-state index contributed by atoms with van der Waals surface area (Å²) in [5.41, 5.74) is 3.33. The van der Waals surface area contributed by atoms with Crippen LogP contribution in [0.15, 0.2) is 30.3 Å². The molecule has 2 aromatic carbocycles. The molecule has 0 aliphatic heterocycles. The Labute approximate surface area is 134 Å². The number of hydrogen-bond donors (Lipinski definition) is 0. The highest BCUT2D eigenvalue weighted by molar-refractivity contribution is 6.35. The van der Waals surface area contributed by atoms with Crippen molar-refractivity contribution in [3.63, 3.8) is 0 Å². The third kappa shape index (κ3) is 3.58. The third-order valence-corrected chi connectivity index (χ3v) is 3.90. The van der Waals surface area contributed by atoms with Gasteiger partial charge in [-0.2, -0.15) is 0 Å². The smallest absolute Gasteiger partial charge is 0.171 e. The number of aryl methyl sites for hydroxylation is 2. The number of methoxy groups -OCH3 is 1. The summed E-state index contributed by atoms with van der Waals surface area (Å²) in [6.07, 6.45) is 0.219. The van der Waals surface area contributed by atoms with E-state index in [1.165, 1.54) is 0 Å². The molecule has 0 aliphatic rings. The molecule has 0 amide bonds. The monoisotopic (exact) mass is 322 g/mol. The second kappa shape index (κ2) is 6.50. The van der Waals surface area contributed by atoms with E-state index in [9.17, 15) is 4.79 Å². The summed E-state index contributed by atoms with van der Waals surface area (Å²) in [6.45, 7) is 3.88. The van der Waals surface area contributed by atoms with Crippen molar-refractivity contribution in [1.82, 2.24) is 0 Å². The highest BCUT2D eigenvalue weighted by Gasteiger charge is 2.17. The lowest BCUT2D eigenvalue weighted by atomic mass is 9.96. The van der Waals surface area contributed by atoms with E-state index in [0.717, 1.165) is 16.7 Å². The van der Waals surface area contributed by atoms with Crippen molar-refractivity contribution in [2.75, 3.05) is 7.11 Å². The molecule has 110 valence electrons.